The lowest BCUT2D eigenvalue weighted by Crippen LogP contribution is -3.00. The van der Waals surface area contributed by atoms with Crippen molar-refractivity contribution in [2.24, 2.45) is 7.05 Å². The van der Waals surface area contributed by atoms with Gasteiger partial charge >= 0.3 is 0 Å². The predicted molar refractivity (Wildman–Crippen MR) is 75.3 cm³/mol. The van der Waals surface area contributed by atoms with E-state index in [9.17, 15) is 0 Å². The molecule has 0 unspecified atom stereocenters. The van der Waals surface area contributed by atoms with Crippen molar-refractivity contribution in [1.82, 2.24) is 4.57 Å². The van der Waals surface area contributed by atoms with E-state index in [0.29, 0.717) is 22.5 Å². The second-order valence-corrected chi connectivity index (χ2v) is 5.56. The van der Waals surface area contributed by atoms with E-state index in [1.807, 2.05) is 18.2 Å². The second-order valence-electron chi connectivity index (χ2n) is 4.75. The zero-order chi connectivity index (χ0) is 13.3. The van der Waals surface area contributed by atoms with E-state index < -0.39 is 0 Å². The normalized spacial score (nSPS) is 10.6. The lowest BCUT2D eigenvalue weighted by atomic mass is 10.2. The van der Waals surface area contributed by atoms with E-state index >= 15 is 0 Å². The monoisotopic (exact) mass is 410 g/mol. The molecule has 2 nitrogen and oxygen atoms in total. The van der Waals surface area contributed by atoms with Crippen LogP contribution in [0.15, 0.2) is 30.6 Å². The SMILES string of the molecule is CC(C)c1n(Cc2c(Cl)cccc2Cl)cc[n+]1C.[I-]. The summed E-state index contributed by atoms with van der Waals surface area (Å²) < 4.78 is 4.33. The number of hydrogen-bond donors (Lipinski definition) is 0. The van der Waals surface area contributed by atoms with Gasteiger partial charge in [0.2, 0.25) is 0 Å². The third kappa shape index (κ3) is 3.64. The van der Waals surface area contributed by atoms with Crippen LogP contribution in [-0.4, -0.2) is 4.57 Å². The summed E-state index contributed by atoms with van der Waals surface area (Å²) in [4.78, 5) is 0. The molecule has 0 N–H and O–H groups in total. The standard InChI is InChI=1S/C14H17Cl2N2.HI/c1-10(2)14-17(3)7-8-18(14)9-11-12(15)5-4-6-13(11)16;/h4-8,10H,9H2,1-3H3;1H/q+1;/p-1. The van der Waals surface area contributed by atoms with E-state index in [2.05, 4.69) is 42.4 Å². The Morgan fingerprint density at radius 3 is 2.32 bits per heavy atom. The van der Waals surface area contributed by atoms with Crippen molar-refractivity contribution >= 4 is 23.2 Å². The molecule has 0 saturated heterocycles. The predicted octanol–water partition coefficient (Wildman–Crippen LogP) is 0.795. The van der Waals surface area contributed by atoms with Crippen LogP contribution in [0, 0.1) is 0 Å². The number of nitrogens with zero attached hydrogens (tertiary/aromatic N) is 2. The van der Waals surface area contributed by atoms with E-state index in [0.717, 1.165) is 5.56 Å². The van der Waals surface area contributed by atoms with Crippen molar-refractivity contribution in [3.8, 4) is 0 Å². The number of hydrogen-bond acceptors (Lipinski definition) is 0. The van der Waals surface area contributed by atoms with Gasteiger partial charge in [0, 0.05) is 15.6 Å². The summed E-state index contributed by atoms with van der Waals surface area (Å²) in [5, 5.41) is 1.43. The summed E-state index contributed by atoms with van der Waals surface area (Å²) in [5.41, 5.74) is 0.971. The summed E-state index contributed by atoms with van der Waals surface area (Å²) in [6, 6.07) is 5.62. The van der Waals surface area contributed by atoms with E-state index in [1.54, 1.807) is 0 Å². The number of aromatic nitrogens is 2. The Labute approximate surface area is 141 Å². The highest BCUT2D eigenvalue weighted by molar-refractivity contribution is 6.35. The van der Waals surface area contributed by atoms with Gasteiger partial charge in [-0.15, -0.1) is 0 Å². The number of rotatable bonds is 3. The molecule has 104 valence electrons. The zero-order valence-corrected chi connectivity index (χ0v) is 14.9. The molecule has 0 fully saturated rings. The fraction of sp³-hybridized carbons (Fsp3) is 0.357. The summed E-state index contributed by atoms with van der Waals surface area (Å²) in [7, 11) is 2.06. The molecule has 2 rings (SSSR count). The average Bonchev–Trinajstić information content (AvgIpc) is 2.65. The largest absolute Gasteiger partial charge is 1.00 e. The third-order valence-electron chi connectivity index (χ3n) is 3.03. The molecule has 0 amide bonds. The molecule has 0 spiro atoms. The molecule has 5 heteroatoms. The minimum Gasteiger partial charge on any atom is -1.00 e. The summed E-state index contributed by atoms with van der Waals surface area (Å²) in [6.07, 6.45) is 4.12. The molecule has 0 aliphatic carbocycles. The molecular formula is C14H17Cl2IN2. The second kappa shape index (κ2) is 6.95. The van der Waals surface area contributed by atoms with Crippen molar-refractivity contribution in [1.29, 1.82) is 0 Å². The minimum absolute atomic E-state index is 0. The Bertz CT molecular complexity index is 544. The summed E-state index contributed by atoms with van der Waals surface area (Å²) >= 11 is 12.4. The Morgan fingerprint density at radius 1 is 1.21 bits per heavy atom. The van der Waals surface area contributed by atoms with Gasteiger partial charge in [-0.2, -0.15) is 0 Å². The van der Waals surface area contributed by atoms with E-state index in [1.165, 1.54) is 5.82 Å². The molecule has 0 saturated carbocycles. The van der Waals surface area contributed by atoms with Gasteiger partial charge in [-0.1, -0.05) is 43.1 Å². The Kier molecular flexibility index (Phi) is 6.15. The average molecular weight is 411 g/mol. The highest BCUT2D eigenvalue weighted by Crippen LogP contribution is 2.26. The van der Waals surface area contributed by atoms with Gasteiger partial charge in [0.25, 0.3) is 5.82 Å². The maximum absolute atomic E-state index is 6.21. The molecule has 0 radical (unpaired) electrons. The Balaban J connectivity index is 0.00000180. The number of imidazole rings is 1. The lowest BCUT2D eigenvalue weighted by Gasteiger charge is -2.08. The van der Waals surface area contributed by atoms with Crippen LogP contribution in [0.4, 0.5) is 0 Å². The van der Waals surface area contributed by atoms with Crippen molar-refractivity contribution < 1.29 is 28.5 Å². The van der Waals surface area contributed by atoms with Gasteiger partial charge < -0.3 is 24.0 Å². The van der Waals surface area contributed by atoms with E-state index in [-0.39, 0.29) is 24.0 Å². The van der Waals surface area contributed by atoms with Crippen LogP contribution in [0.25, 0.3) is 0 Å². The molecule has 0 bridgehead atoms. The molecule has 0 atom stereocenters. The highest BCUT2D eigenvalue weighted by Gasteiger charge is 2.20. The van der Waals surface area contributed by atoms with Gasteiger partial charge in [0.15, 0.2) is 0 Å². The molecule has 19 heavy (non-hydrogen) atoms. The van der Waals surface area contributed by atoms with Gasteiger partial charge in [-0.3, -0.25) is 0 Å². The van der Waals surface area contributed by atoms with Crippen LogP contribution in [0.3, 0.4) is 0 Å². The number of benzene rings is 1. The first-order chi connectivity index (χ1) is 8.50. The number of halogens is 3. The van der Waals surface area contributed by atoms with Crippen LogP contribution in [0.1, 0.15) is 31.2 Å². The molecule has 1 aromatic carbocycles. The van der Waals surface area contributed by atoms with Gasteiger partial charge in [-0.25, -0.2) is 9.13 Å². The van der Waals surface area contributed by atoms with Crippen LogP contribution >= 0.6 is 23.2 Å². The van der Waals surface area contributed by atoms with Crippen molar-refractivity contribution in [3.05, 3.63) is 52.0 Å². The van der Waals surface area contributed by atoms with Crippen molar-refractivity contribution in [2.75, 3.05) is 0 Å². The van der Waals surface area contributed by atoms with Crippen LogP contribution in [-0.2, 0) is 13.6 Å². The Morgan fingerprint density at radius 2 is 1.79 bits per heavy atom. The molecular weight excluding hydrogens is 394 g/mol. The highest BCUT2D eigenvalue weighted by atomic mass is 127. The quantitative estimate of drug-likeness (QED) is 0.522. The first kappa shape index (κ1) is 16.8. The van der Waals surface area contributed by atoms with Crippen molar-refractivity contribution in [3.63, 3.8) is 0 Å². The fourth-order valence-corrected chi connectivity index (χ4v) is 2.78. The molecule has 0 aliphatic rings. The minimum atomic E-state index is 0. The topological polar surface area (TPSA) is 8.81 Å². The van der Waals surface area contributed by atoms with Crippen molar-refractivity contribution in [2.45, 2.75) is 26.3 Å². The van der Waals surface area contributed by atoms with Gasteiger partial charge in [0.05, 0.1) is 13.0 Å². The number of aryl methyl sites for hydroxylation is 1. The molecule has 1 heterocycles. The summed E-state index contributed by atoms with van der Waals surface area (Å²) in [6.45, 7) is 5.06. The Hall–Kier alpha value is -0.260. The van der Waals surface area contributed by atoms with Gasteiger partial charge in [-0.05, 0) is 12.1 Å². The molecule has 2 aromatic rings. The molecule has 0 aliphatic heterocycles. The first-order valence-electron chi connectivity index (χ1n) is 5.98. The fourth-order valence-electron chi connectivity index (χ4n) is 2.26. The zero-order valence-electron chi connectivity index (χ0n) is 11.2. The maximum Gasteiger partial charge on any atom is 0.259 e. The maximum atomic E-state index is 6.21. The van der Waals surface area contributed by atoms with Crippen LogP contribution in [0.2, 0.25) is 10.0 Å². The van der Waals surface area contributed by atoms with Gasteiger partial charge in [0.1, 0.15) is 18.9 Å². The van der Waals surface area contributed by atoms with E-state index in [4.69, 9.17) is 23.2 Å². The summed E-state index contributed by atoms with van der Waals surface area (Å²) in [5.74, 6) is 1.71. The molecule has 1 aromatic heterocycles. The first-order valence-corrected chi connectivity index (χ1v) is 6.74. The third-order valence-corrected chi connectivity index (χ3v) is 3.74. The van der Waals surface area contributed by atoms with Crippen LogP contribution in [0.5, 0.6) is 0 Å². The smallest absolute Gasteiger partial charge is 0.259 e. The van der Waals surface area contributed by atoms with Crippen LogP contribution < -0.4 is 28.5 Å². The lowest BCUT2D eigenvalue weighted by molar-refractivity contribution is -0.679.